The number of nitrogens with one attached hydrogen (secondary N) is 1. The smallest absolute Gasteiger partial charge is 0.134 e. The average molecular weight is 290 g/mol. The van der Waals surface area contributed by atoms with Gasteiger partial charge in [0.2, 0.25) is 0 Å². The highest BCUT2D eigenvalue weighted by molar-refractivity contribution is 5.44. The van der Waals surface area contributed by atoms with Crippen molar-refractivity contribution in [1.29, 1.82) is 0 Å². The monoisotopic (exact) mass is 290 g/mol. The molecule has 3 N–H and O–H groups in total. The maximum atomic E-state index is 14.3. The van der Waals surface area contributed by atoms with Crippen molar-refractivity contribution in [3.05, 3.63) is 64.2 Å². The second kappa shape index (κ2) is 5.42. The fourth-order valence-corrected chi connectivity index (χ4v) is 2.68. The van der Waals surface area contributed by atoms with Crippen LogP contribution in [0.1, 0.15) is 28.3 Å². The fourth-order valence-electron chi connectivity index (χ4n) is 2.68. The highest BCUT2D eigenvalue weighted by atomic mass is 19.1. The lowest BCUT2D eigenvalue weighted by atomic mass is 9.95. The predicted octanol–water partition coefficient (Wildman–Crippen LogP) is 2.76. The Hall–Kier alpha value is -1.98. The third-order valence-corrected chi connectivity index (χ3v) is 3.82. The molecule has 1 atom stereocenters. The SMILES string of the molecule is Cc1ccc(F)c(C(NN)c2ccc3c(c2)CCO3)c1F. The number of nitrogens with two attached hydrogens (primary N) is 1. The van der Waals surface area contributed by atoms with Gasteiger partial charge in [-0.05, 0) is 35.7 Å². The number of hydrazine groups is 1. The Morgan fingerprint density at radius 3 is 2.81 bits per heavy atom. The second-order valence-corrected chi connectivity index (χ2v) is 5.16. The lowest BCUT2D eigenvalue weighted by Gasteiger charge is -2.19. The quantitative estimate of drug-likeness (QED) is 0.675. The molecule has 0 bridgehead atoms. The van der Waals surface area contributed by atoms with Gasteiger partial charge in [0.05, 0.1) is 12.6 Å². The van der Waals surface area contributed by atoms with E-state index in [9.17, 15) is 8.78 Å². The van der Waals surface area contributed by atoms with Gasteiger partial charge >= 0.3 is 0 Å². The average Bonchev–Trinajstić information content (AvgIpc) is 2.95. The van der Waals surface area contributed by atoms with Crippen molar-refractivity contribution in [1.82, 2.24) is 5.43 Å². The zero-order chi connectivity index (χ0) is 15.0. The lowest BCUT2D eigenvalue weighted by Crippen LogP contribution is -2.30. The number of ether oxygens (including phenoxy) is 1. The topological polar surface area (TPSA) is 47.3 Å². The van der Waals surface area contributed by atoms with Gasteiger partial charge in [-0.25, -0.2) is 14.2 Å². The zero-order valence-corrected chi connectivity index (χ0v) is 11.6. The number of hydrogen-bond donors (Lipinski definition) is 2. The summed E-state index contributed by atoms with van der Waals surface area (Å²) in [5, 5.41) is 0. The number of fused-ring (bicyclic) bond motifs is 1. The Bertz CT molecular complexity index is 688. The molecule has 1 aliphatic heterocycles. The van der Waals surface area contributed by atoms with E-state index in [2.05, 4.69) is 5.43 Å². The van der Waals surface area contributed by atoms with E-state index in [0.717, 1.165) is 17.7 Å². The van der Waals surface area contributed by atoms with Gasteiger partial charge in [-0.1, -0.05) is 18.2 Å². The first-order chi connectivity index (χ1) is 10.1. The molecule has 0 saturated carbocycles. The van der Waals surface area contributed by atoms with Gasteiger partial charge in [-0.15, -0.1) is 0 Å². The maximum Gasteiger partial charge on any atom is 0.134 e. The first-order valence-electron chi connectivity index (χ1n) is 6.78. The second-order valence-electron chi connectivity index (χ2n) is 5.16. The fraction of sp³-hybridized carbons (Fsp3) is 0.250. The minimum Gasteiger partial charge on any atom is -0.493 e. The molecule has 0 radical (unpaired) electrons. The van der Waals surface area contributed by atoms with Crippen molar-refractivity contribution < 1.29 is 13.5 Å². The normalized spacial score (nSPS) is 14.7. The molecular formula is C16H16F2N2O. The largest absolute Gasteiger partial charge is 0.493 e. The van der Waals surface area contributed by atoms with Gasteiger partial charge in [0, 0.05) is 12.0 Å². The van der Waals surface area contributed by atoms with E-state index in [4.69, 9.17) is 10.6 Å². The van der Waals surface area contributed by atoms with Gasteiger partial charge in [-0.3, -0.25) is 5.84 Å². The molecule has 2 aromatic rings. The summed E-state index contributed by atoms with van der Waals surface area (Å²) in [5.41, 5.74) is 4.58. The summed E-state index contributed by atoms with van der Waals surface area (Å²) in [7, 11) is 0. The molecule has 1 aliphatic rings. The molecule has 0 aliphatic carbocycles. The summed E-state index contributed by atoms with van der Waals surface area (Å²) in [5.74, 6) is 5.19. The van der Waals surface area contributed by atoms with Crippen LogP contribution in [0.25, 0.3) is 0 Å². The number of benzene rings is 2. The van der Waals surface area contributed by atoms with Crippen molar-refractivity contribution in [3.8, 4) is 5.75 Å². The molecule has 0 amide bonds. The van der Waals surface area contributed by atoms with E-state index in [1.165, 1.54) is 12.1 Å². The van der Waals surface area contributed by atoms with Crippen LogP contribution in [0.2, 0.25) is 0 Å². The van der Waals surface area contributed by atoms with Crippen LogP contribution in [0.3, 0.4) is 0 Å². The molecule has 3 nitrogen and oxygen atoms in total. The van der Waals surface area contributed by atoms with Crippen LogP contribution in [0.4, 0.5) is 8.78 Å². The van der Waals surface area contributed by atoms with Crippen molar-refractivity contribution >= 4 is 0 Å². The van der Waals surface area contributed by atoms with Gasteiger partial charge in [0.15, 0.2) is 0 Å². The van der Waals surface area contributed by atoms with E-state index >= 15 is 0 Å². The number of hydrogen-bond acceptors (Lipinski definition) is 3. The van der Waals surface area contributed by atoms with E-state index in [1.54, 1.807) is 13.0 Å². The molecule has 0 spiro atoms. The molecule has 5 heteroatoms. The first-order valence-corrected chi connectivity index (χ1v) is 6.78. The van der Waals surface area contributed by atoms with Gasteiger partial charge < -0.3 is 4.74 Å². The minimum absolute atomic E-state index is 0.0589. The van der Waals surface area contributed by atoms with Crippen molar-refractivity contribution in [3.63, 3.8) is 0 Å². The molecule has 3 rings (SSSR count). The third kappa shape index (κ3) is 2.39. The third-order valence-electron chi connectivity index (χ3n) is 3.82. The van der Waals surface area contributed by atoms with E-state index in [0.29, 0.717) is 17.7 Å². The highest BCUT2D eigenvalue weighted by Crippen LogP contribution is 2.32. The first kappa shape index (κ1) is 14.0. The van der Waals surface area contributed by atoms with Crippen LogP contribution < -0.4 is 16.0 Å². The Balaban J connectivity index is 2.09. The summed E-state index contributed by atoms with van der Waals surface area (Å²) < 4.78 is 33.8. The Kier molecular flexibility index (Phi) is 3.61. The Labute approximate surface area is 121 Å². The molecule has 110 valence electrons. The van der Waals surface area contributed by atoms with E-state index < -0.39 is 17.7 Å². The Morgan fingerprint density at radius 2 is 2.05 bits per heavy atom. The van der Waals surface area contributed by atoms with Crippen LogP contribution in [-0.4, -0.2) is 6.61 Å². The minimum atomic E-state index is -0.740. The maximum absolute atomic E-state index is 14.3. The van der Waals surface area contributed by atoms with Crippen molar-refractivity contribution in [2.45, 2.75) is 19.4 Å². The van der Waals surface area contributed by atoms with Crippen LogP contribution in [0.5, 0.6) is 5.75 Å². The molecular weight excluding hydrogens is 274 g/mol. The lowest BCUT2D eigenvalue weighted by molar-refractivity contribution is 0.356. The van der Waals surface area contributed by atoms with Gasteiger partial charge in [0.25, 0.3) is 0 Å². The Morgan fingerprint density at radius 1 is 1.24 bits per heavy atom. The number of aryl methyl sites for hydroxylation is 1. The van der Waals surface area contributed by atoms with E-state index in [1.807, 2.05) is 12.1 Å². The number of halogens is 2. The summed E-state index contributed by atoms with van der Waals surface area (Å²) in [4.78, 5) is 0. The highest BCUT2D eigenvalue weighted by Gasteiger charge is 2.24. The molecule has 1 heterocycles. The van der Waals surface area contributed by atoms with Crippen molar-refractivity contribution in [2.75, 3.05) is 6.61 Å². The molecule has 1 unspecified atom stereocenters. The number of rotatable bonds is 3. The van der Waals surface area contributed by atoms with Crippen LogP contribution in [-0.2, 0) is 6.42 Å². The molecule has 0 saturated heterocycles. The van der Waals surface area contributed by atoms with Crippen LogP contribution >= 0.6 is 0 Å². The summed E-state index contributed by atoms with van der Waals surface area (Å²) in [6.45, 7) is 2.23. The standard InChI is InChI=1S/C16H16F2N2O/c1-9-2-4-12(17)14(15(9)18)16(20-19)11-3-5-13-10(8-11)6-7-21-13/h2-5,8,16,20H,6-7,19H2,1H3. The van der Waals surface area contributed by atoms with Gasteiger partial charge in [-0.2, -0.15) is 0 Å². The van der Waals surface area contributed by atoms with Crippen LogP contribution in [0.15, 0.2) is 30.3 Å². The van der Waals surface area contributed by atoms with Gasteiger partial charge in [0.1, 0.15) is 17.4 Å². The molecule has 0 fully saturated rings. The van der Waals surface area contributed by atoms with Crippen molar-refractivity contribution in [2.24, 2.45) is 5.84 Å². The summed E-state index contributed by atoms with van der Waals surface area (Å²) in [6.07, 6.45) is 0.791. The predicted molar refractivity (Wildman–Crippen MR) is 75.9 cm³/mol. The molecule has 21 heavy (non-hydrogen) atoms. The molecule has 0 aromatic heterocycles. The van der Waals surface area contributed by atoms with Crippen LogP contribution in [0, 0.1) is 18.6 Å². The zero-order valence-electron chi connectivity index (χ0n) is 11.6. The summed E-state index contributed by atoms with van der Waals surface area (Å²) >= 11 is 0. The summed E-state index contributed by atoms with van der Waals surface area (Å²) in [6, 6.07) is 7.40. The molecule has 2 aromatic carbocycles. The van der Waals surface area contributed by atoms with E-state index in [-0.39, 0.29) is 5.56 Å².